The van der Waals surface area contributed by atoms with Gasteiger partial charge in [-0.05, 0) is 54.1 Å². The Balaban J connectivity index is 1.58. The molecule has 0 bridgehead atoms. The molecule has 1 aliphatic heterocycles. The maximum atomic E-state index is 12.2. The van der Waals surface area contributed by atoms with E-state index in [9.17, 15) is 9.59 Å². The van der Waals surface area contributed by atoms with Crippen molar-refractivity contribution in [3.8, 4) is 5.75 Å². The summed E-state index contributed by atoms with van der Waals surface area (Å²) in [5, 5.41) is 0.806. The molecule has 3 aromatic carbocycles. The molecule has 0 aliphatic carbocycles. The van der Waals surface area contributed by atoms with Gasteiger partial charge in [0.05, 0.1) is 16.1 Å². The number of nitrogens with zero attached hydrogens (tertiary/aromatic N) is 1. The number of hydrogen-bond acceptors (Lipinski definition) is 5. The van der Waals surface area contributed by atoms with Crippen molar-refractivity contribution in [1.29, 1.82) is 0 Å². The summed E-state index contributed by atoms with van der Waals surface area (Å²) in [6, 6.07) is 20.2. The van der Waals surface area contributed by atoms with Crippen molar-refractivity contribution in [3.05, 3.63) is 105 Å². The molecule has 0 saturated heterocycles. The molecule has 0 N–H and O–H groups in total. The topological polar surface area (TPSA) is 65.0 Å². The lowest BCUT2D eigenvalue weighted by atomic mass is 10.2. The van der Waals surface area contributed by atoms with Crippen LogP contribution in [-0.2, 0) is 9.53 Å². The lowest BCUT2D eigenvalue weighted by Gasteiger charge is -2.05. The first-order chi connectivity index (χ1) is 14.5. The summed E-state index contributed by atoms with van der Waals surface area (Å²) in [6.07, 6.45) is 1.54. The molecule has 0 spiro atoms. The van der Waals surface area contributed by atoms with Gasteiger partial charge in [-0.1, -0.05) is 53.5 Å². The highest BCUT2D eigenvalue weighted by atomic mass is 35.5. The minimum Gasteiger partial charge on any atom is -0.423 e. The molecule has 3 aromatic rings. The number of halogens is 2. The van der Waals surface area contributed by atoms with Crippen molar-refractivity contribution in [2.75, 3.05) is 0 Å². The number of rotatable bonds is 4. The van der Waals surface area contributed by atoms with E-state index in [2.05, 4.69) is 4.99 Å². The van der Waals surface area contributed by atoms with E-state index in [-0.39, 0.29) is 11.6 Å². The molecule has 0 saturated carbocycles. The molecule has 30 heavy (non-hydrogen) atoms. The summed E-state index contributed by atoms with van der Waals surface area (Å²) in [4.78, 5) is 28.7. The van der Waals surface area contributed by atoms with Gasteiger partial charge in [0.2, 0.25) is 5.90 Å². The van der Waals surface area contributed by atoms with Gasteiger partial charge in [-0.3, -0.25) is 0 Å². The second-order valence-electron chi connectivity index (χ2n) is 6.29. The van der Waals surface area contributed by atoms with Crippen molar-refractivity contribution in [1.82, 2.24) is 0 Å². The van der Waals surface area contributed by atoms with Crippen LogP contribution in [0.5, 0.6) is 5.75 Å². The number of esters is 2. The van der Waals surface area contributed by atoms with Gasteiger partial charge < -0.3 is 9.47 Å². The minimum absolute atomic E-state index is 0.0745. The number of carbonyl (C=O) groups is 2. The van der Waals surface area contributed by atoms with Crippen LogP contribution in [0.25, 0.3) is 6.08 Å². The second-order valence-corrected chi connectivity index (χ2v) is 7.13. The first-order valence-electron chi connectivity index (χ1n) is 8.85. The molecular formula is C23H13Cl2NO4. The molecular weight excluding hydrogens is 425 g/mol. The van der Waals surface area contributed by atoms with E-state index < -0.39 is 11.9 Å². The standard InChI is InChI=1S/C23H13Cl2NO4/c24-16-9-10-19(25)18(13-16)21-26-20(23(28)30-21)12-14-5-4-8-17(11-14)29-22(27)15-6-2-1-3-7-15/h1-13H/b20-12+. The van der Waals surface area contributed by atoms with Crippen LogP contribution < -0.4 is 4.74 Å². The third-order valence-electron chi connectivity index (χ3n) is 4.16. The van der Waals surface area contributed by atoms with Crippen LogP contribution in [0, 0.1) is 0 Å². The Hall–Kier alpha value is -3.41. The van der Waals surface area contributed by atoms with E-state index in [4.69, 9.17) is 32.7 Å². The van der Waals surface area contributed by atoms with Crippen molar-refractivity contribution >= 4 is 47.1 Å². The molecule has 7 heteroatoms. The third-order valence-corrected chi connectivity index (χ3v) is 4.73. The van der Waals surface area contributed by atoms with E-state index in [1.54, 1.807) is 66.7 Å². The van der Waals surface area contributed by atoms with Crippen LogP contribution in [-0.4, -0.2) is 17.8 Å². The zero-order valence-corrected chi connectivity index (χ0v) is 16.9. The SMILES string of the molecule is O=C1OC(c2cc(Cl)ccc2Cl)=N/C1=C/c1cccc(OC(=O)c2ccccc2)c1. The molecule has 0 aromatic heterocycles. The zero-order chi connectivity index (χ0) is 21.1. The lowest BCUT2D eigenvalue weighted by Crippen LogP contribution is -2.08. The summed E-state index contributed by atoms with van der Waals surface area (Å²) >= 11 is 12.1. The summed E-state index contributed by atoms with van der Waals surface area (Å²) in [5.41, 5.74) is 1.56. The van der Waals surface area contributed by atoms with E-state index in [0.29, 0.717) is 32.5 Å². The predicted molar refractivity (Wildman–Crippen MR) is 115 cm³/mol. The summed E-state index contributed by atoms with van der Waals surface area (Å²) < 4.78 is 10.6. The molecule has 148 valence electrons. The Morgan fingerprint density at radius 2 is 1.77 bits per heavy atom. The smallest absolute Gasteiger partial charge is 0.363 e. The molecule has 0 atom stereocenters. The lowest BCUT2D eigenvalue weighted by molar-refractivity contribution is -0.129. The van der Waals surface area contributed by atoms with Gasteiger partial charge in [0.15, 0.2) is 5.70 Å². The molecule has 0 fully saturated rings. The first-order valence-corrected chi connectivity index (χ1v) is 9.60. The Kier molecular flexibility index (Phi) is 5.65. The van der Waals surface area contributed by atoms with Crippen LogP contribution in [0.15, 0.2) is 83.5 Å². The average Bonchev–Trinajstić information content (AvgIpc) is 3.10. The van der Waals surface area contributed by atoms with Crippen molar-refractivity contribution in [3.63, 3.8) is 0 Å². The largest absolute Gasteiger partial charge is 0.423 e. The maximum Gasteiger partial charge on any atom is 0.363 e. The van der Waals surface area contributed by atoms with Gasteiger partial charge in [-0.25, -0.2) is 14.6 Å². The van der Waals surface area contributed by atoms with E-state index in [1.807, 2.05) is 6.07 Å². The first kappa shape index (κ1) is 19.9. The summed E-state index contributed by atoms with van der Waals surface area (Å²) in [7, 11) is 0. The van der Waals surface area contributed by atoms with Gasteiger partial charge in [-0.2, -0.15) is 0 Å². The summed E-state index contributed by atoms with van der Waals surface area (Å²) in [5.74, 6) is -0.679. The van der Waals surface area contributed by atoms with Gasteiger partial charge >= 0.3 is 11.9 Å². The van der Waals surface area contributed by atoms with Crippen LogP contribution in [0.2, 0.25) is 10.0 Å². The predicted octanol–water partition coefficient (Wildman–Crippen LogP) is 5.56. The number of benzene rings is 3. The molecule has 4 rings (SSSR count). The maximum absolute atomic E-state index is 12.2. The Morgan fingerprint density at radius 3 is 2.57 bits per heavy atom. The van der Waals surface area contributed by atoms with Crippen molar-refractivity contribution in [2.24, 2.45) is 4.99 Å². The number of ether oxygens (including phenoxy) is 2. The minimum atomic E-state index is -0.618. The molecule has 1 aliphatic rings. The monoisotopic (exact) mass is 437 g/mol. The zero-order valence-electron chi connectivity index (χ0n) is 15.3. The molecule has 0 amide bonds. The summed E-state index contributed by atoms with van der Waals surface area (Å²) in [6.45, 7) is 0. The van der Waals surface area contributed by atoms with Gasteiger partial charge in [-0.15, -0.1) is 0 Å². The van der Waals surface area contributed by atoms with E-state index in [1.165, 1.54) is 6.08 Å². The second kappa shape index (κ2) is 8.53. The number of hydrogen-bond donors (Lipinski definition) is 0. The normalized spacial score (nSPS) is 14.4. The highest BCUT2D eigenvalue weighted by molar-refractivity contribution is 6.36. The van der Waals surface area contributed by atoms with Gasteiger partial charge in [0, 0.05) is 5.02 Å². The van der Waals surface area contributed by atoms with E-state index in [0.717, 1.165) is 0 Å². The highest BCUT2D eigenvalue weighted by Gasteiger charge is 2.26. The molecule has 0 radical (unpaired) electrons. The average molecular weight is 438 g/mol. The van der Waals surface area contributed by atoms with Gasteiger partial charge in [0.1, 0.15) is 5.75 Å². The van der Waals surface area contributed by atoms with Crippen molar-refractivity contribution in [2.45, 2.75) is 0 Å². The van der Waals surface area contributed by atoms with Crippen LogP contribution in [0.1, 0.15) is 21.5 Å². The van der Waals surface area contributed by atoms with E-state index >= 15 is 0 Å². The fourth-order valence-corrected chi connectivity index (χ4v) is 3.12. The Morgan fingerprint density at radius 1 is 0.967 bits per heavy atom. The fourth-order valence-electron chi connectivity index (χ4n) is 2.75. The van der Waals surface area contributed by atoms with Crippen LogP contribution >= 0.6 is 23.2 Å². The van der Waals surface area contributed by atoms with Crippen LogP contribution in [0.3, 0.4) is 0 Å². The number of aliphatic imine (C=N–C) groups is 1. The van der Waals surface area contributed by atoms with Crippen molar-refractivity contribution < 1.29 is 19.1 Å². The Bertz CT molecular complexity index is 1200. The van der Waals surface area contributed by atoms with Crippen LogP contribution in [0.4, 0.5) is 0 Å². The number of carbonyl (C=O) groups excluding carboxylic acids is 2. The highest BCUT2D eigenvalue weighted by Crippen LogP contribution is 2.27. The molecule has 5 nitrogen and oxygen atoms in total. The fraction of sp³-hybridized carbons (Fsp3) is 0. The number of cyclic esters (lactones) is 1. The van der Waals surface area contributed by atoms with Gasteiger partial charge in [0.25, 0.3) is 0 Å². The molecule has 1 heterocycles. The quantitative estimate of drug-likeness (QED) is 0.304. The Labute approximate surface area is 182 Å². The third kappa shape index (κ3) is 4.43. The molecule has 0 unspecified atom stereocenters.